The van der Waals surface area contributed by atoms with E-state index in [9.17, 15) is 9.59 Å². The van der Waals surface area contributed by atoms with Crippen molar-refractivity contribution in [2.75, 3.05) is 20.4 Å². The van der Waals surface area contributed by atoms with Gasteiger partial charge in [0.05, 0.1) is 12.0 Å². The van der Waals surface area contributed by atoms with Gasteiger partial charge in [-0.25, -0.2) is 0 Å². The standard InChI is InChI=1S/C28H25N3O4/c1-31-26(17-10-11-23-24(14-17)35-16-34-23)25(20-7-2-3-8-21(20)28(31)33)27(32)29-13-12-18-15-30-22-9-5-4-6-19(18)22/h2-11,14-15,25-26,30H,12-13,16H2,1H3,(H,29,32)/t25-,26-/m0/s1. The molecule has 0 aliphatic carbocycles. The van der Waals surface area contributed by atoms with Gasteiger partial charge in [-0.15, -0.1) is 0 Å². The molecule has 2 aliphatic heterocycles. The third kappa shape index (κ3) is 3.60. The lowest BCUT2D eigenvalue weighted by Gasteiger charge is -2.39. The van der Waals surface area contributed by atoms with E-state index in [2.05, 4.69) is 16.4 Å². The van der Waals surface area contributed by atoms with Gasteiger partial charge >= 0.3 is 0 Å². The number of para-hydroxylation sites is 1. The molecule has 1 aromatic heterocycles. The monoisotopic (exact) mass is 467 g/mol. The molecule has 7 nitrogen and oxygen atoms in total. The van der Waals surface area contributed by atoms with Crippen LogP contribution in [0.1, 0.15) is 39.0 Å². The first-order valence-corrected chi connectivity index (χ1v) is 11.7. The highest BCUT2D eigenvalue weighted by Gasteiger charge is 2.42. The van der Waals surface area contributed by atoms with E-state index < -0.39 is 12.0 Å². The number of carbonyl (C=O) groups is 2. The molecule has 0 spiro atoms. The predicted octanol–water partition coefficient (Wildman–Crippen LogP) is 4.17. The lowest BCUT2D eigenvalue weighted by Crippen LogP contribution is -2.45. The number of hydrogen-bond acceptors (Lipinski definition) is 4. The fraction of sp³-hybridized carbons (Fsp3) is 0.214. The number of hydrogen-bond donors (Lipinski definition) is 2. The second-order valence-electron chi connectivity index (χ2n) is 8.94. The Morgan fingerprint density at radius 3 is 2.77 bits per heavy atom. The second kappa shape index (κ2) is 8.51. The highest BCUT2D eigenvalue weighted by atomic mass is 16.7. The Balaban J connectivity index is 1.31. The Hall–Kier alpha value is -4.26. The smallest absolute Gasteiger partial charge is 0.254 e. The zero-order valence-electron chi connectivity index (χ0n) is 19.3. The molecule has 0 saturated carbocycles. The van der Waals surface area contributed by atoms with Crippen molar-refractivity contribution in [1.29, 1.82) is 0 Å². The number of likely N-dealkylation sites (N-methyl/N-ethyl adjacent to an activating group) is 1. The quantitative estimate of drug-likeness (QED) is 0.462. The molecule has 3 heterocycles. The van der Waals surface area contributed by atoms with Crippen LogP contribution >= 0.6 is 0 Å². The van der Waals surface area contributed by atoms with Crippen molar-refractivity contribution >= 4 is 22.7 Å². The third-order valence-electron chi connectivity index (χ3n) is 6.97. The van der Waals surface area contributed by atoms with Crippen LogP contribution in [0.5, 0.6) is 11.5 Å². The molecule has 35 heavy (non-hydrogen) atoms. The van der Waals surface area contributed by atoms with Gasteiger partial charge in [-0.1, -0.05) is 42.5 Å². The fourth-order valence-electron chi connectivity index (χ4n) is 5.24. The van der Waals surface area contributed by atoms with Crippen molar-refractivity contribution < 1.29 is 19.1 Å². The maximum absolute atomic E-state index is 13.7. The summed E-state index contributed by atoms with van der Waals surface area (Å²) in [5.41, 5.74) is 4.37. The summed E-state index contributed by atoms with van der Waals surface area (Å²) in [5.74, 6) is 0.516. The number of carbonyl (C=O) groups excluding carboxylic acids is 2. The number of amides is 2. The number of nitrogens with one attached hydrogen (secondary N) is 2. The van der Waals surface area contributed by atoms with Gasteiger partial charge in [0.15, 0.2) is 11.5 Å². The van der Waals surface area contributed by atoms with Gasteiger partial charge in [-0.2, -0.15) is 0 Å². The number of fused-ring (bicyclic) bond motifs is 3. The van der Waals surface area contributed by atoms with Gasteiger partial charge in [-0.3, -0.25) is 9.59 Å². The van der Waals surface area contributed by atoms with Crippen LogP contribution in [0.25, 0.3) is 10.9 Å². The predicted molar refractivity (Wildman–Crippen MR) is 132 cm³/mol. The summed E-state index contributed by atoms with van der Waals surface area (Å²) in [4.78, 5) is 31.9. The van der Waals surface area contributed by atoms with Crippen molar-refractivity contribution in [2.24, 2.45) is 0 Å². The SMILES string of the molecule is CN1C(=O)c2ccccc2[C@H](C(=O)NCCc2c[nH]c3ccccc23)[C@@H]1c1ccc2c(c1)OCO2. The first-order chi connectivity index (χ1) is 17.1. The minimum atomic E-state index is -0.558. The van der Waals surface area contributed by atoms with Crippen LogP contribution in [0.3, 0.4) is 0 Å². The van der Waals surface area contributed by atoms with E-state index in [-0.39, 0.29) is 18.6 Å². The summed E-state index contributed by atoms with van der Waals surface area (Å²) < 4.78 is 11.0. The van der Waals surface area contributed by atoms with Crippen molar-refractivity contribution in [2.45, 2.75) is 18.4 Å². The van der Waals surface area contributed by atoms with E-state index >= 15 is 0 Å². The summed E-state index contributed by atoms with van der Waals surface area (Å²) >= 11 is 0. The Kier molecular flexibility index (Phi) is 5.17. The molecular weight excluding hydrogens is 442 g/mol. The minimum absolute atomic E-state index is 0.105. The maximum atomic E-state index is 13.7. The largest absolute Gasteiger partial charge is 0.454 e. The van der Waals surface area contributed by atoms with E-state index in [4.69, 9.17) is 9.47 Å². The number of rotatable bonds is 5. The Morgan fingerprint density at radius 1 is 1.06 bits per heavy atom. The first-order valence-electron chi connectivity index (χ1n) is 11.7. The highest BCUT2D eigenvalue weighted by Crippen LogP contribution is 2.44. The van der Waals surface area contributed by atoms with Crippen molar-refractivity contribution in [1.82, 2.24) is 15.2 Å². The van der Waals surface area contributed by atoms with E-state index in [0.717, 1.165) is 27.6 Å². The number of aromatic nitrogens is 1. The Labute approximate surface area is 202 Å². The molecule has 0 saturated heterocycles. The van der Waals surface area contributed by atoms with Gasteiger partial charge < -0.3 is 24.7 Å². The molecule has 176 valence electrons. The molecule has 6 rings (SSSR count). The molecule has 2 N–H and O–H groups in total. The van der Waals surface area contributed by atoms with Gasteiger partial charge in [0, 0.05) is 36.3 Å². The molecular formula is C28H25N3O4. The summed E-state index contributed by atoms with van der Waals surface area (Å²) in [6.07, 6.45) is 2.70. The third-order valence-corrected chi connectivity index (χ3v) is 6.97. The zero-order chi connectivity index (χ0) is 23.9. The number of benzene rings is 3. The number of nitrogens with zero attached hydrogens (tertiary/aromatic N) is 1. The summed E-state index contributed by atoms with van der Waals surface area (Å²) in [7, 11) is 1.75. The lowest BCUT2D eigenvalue weighted by molar-refractivity contribution is -0.124. The molecule has 0 bridgehead atoms. The van der Waals surface area contributed by atoms with E-state index in [1.54, 1.807) is 18.0 Å². The molecule has 2 aliphatic rings. The van der Waals surface area contributed by atoms with Gasteiger partial charge in [0.1, 0.15) is 0 Å². The summed E-state index contributed by atoms with van der Waals surface area (Å²) in [6.45, 7) is 0.656. The van der Waals surface area contributed by atoms with Crippen molar-refractivity contribution in [3.63, 3.8) is 0 Å². The number of ether oxygens (including phenoxy) is 2. The van der Waals surface area contributed by atoms with Crippen molar-refractivity contribution in [3.8, 4) is 11.5 Å². The van der Waals surface area contributed by atoms with Gasteiger partial charge in [0.25, 0.3) is 5.91 Å². The normalized spacial score (nSPS) is 18.5. The fourth-order valence-corrected chi connectivity index (χ4v) is 5.24. The number of aromatic amines is 1. The van der Waals surface area contributed by atoms with Gasteiger partial charge in [-0.05, 0) is 47.4 Å². The maximum Gasteiger partial charge on any atom is 0.254 e. The van der Waals surface area contributed by atoms with Gasteiger partial charge in [0.2, 0.25) is 12.7 Å². The van der Waals surface area contributed by atoms with E-state index in [1.165, 1.54) is 0 Å². The topological polar surface area (TPSA) is 83.7 Å². The van der Waals surface area contributed by atoms with E-state index in [0.29, 0.717) is 30.0 Å². The Morgan fingerprint density at radius 2 is 1.86 bits per heavy atom. The average Bonchev–Trinajstić information content (AvgIpc) is 3.52. The molecule has 7 heteroatoms. The van der Waals surface area contributed by atoms with Crippen LogP contribution in [0.15, 0.2) is 72.9 Å². The average molecular weight is 468 g/mol. The van der Waals surface area contributed by atoms with Crippen molar-refractivity contribution in [3.05, 3.63) is 95.2 Å². The van der Waals surface area contributed by atoms with Crippen LogP contribution < -0.4 is 14.8 Å². The molecule has 3 aromatic carbocycles. The van der Waals surface area contributed by atoms with Crippen LogP contribution in [-0.4, -0.2) is 42.1 Å². The lowest BCUT2D eigenvalue weighted by atomic mass is 9.79. The van der Waals surface area contributed by atoms with E-state index in [1.807, 2.05) is 60.8 Å². The Bertz CT molecular complexity index is 1440. The second-order valence-corrected chi connectivity index (χ2v) is 8.94. The molecule has 2 amide bonds. The van der Waals surface area contributed by atoms with Crippen LogP contribution in [0, 0.1) is 0 Å². The van der Waals surface area contributed by atoms with Crippen LogP contribution in [0.4, 0.5) is 0 Å². The highest BCUT2D eigenvalue weighted by molar-refractivity contribution is 6.01. The minimum Gasteiger partial charge on any atom is -0.454 e. The van der Waals surface area contributed by atoms with Crippen LogP contribution in [-0.2, 0) is 11.2 Å². The zero-order valence-corrected chi connectivity index (χ0v) is 19.3. The first kappa shape index (κ1) is 21.3. The summed E-state index contributed by atoms with van der Waals surface area (Å²) in [6, 6.07) is 20.6. The molecule has 4 aromatic rings. The molecule has 0 fully saturated rings. The molecule has 0 radical (unpaired) electrons. The number of H-pyrrole nitrogens is 1. The van der Waals surface area contributed by atoms with Crippen LogP contribution in [0.2, 0.25) is 0 Å². The summed E-state index contributed by atoms with van der Waals surface area (Å²) in [5, 5.41) is 4.30. The molecule has 2 atom stereocenters. The molecule has 0 unspecified atom stereocenters.